The van der Waals surface area contributed by atoms with Crippen LogP contribution in [0.3, 0.4) is 0 Å². The van der Waals surface area contributed by atoms with Crippen molar-refractivity contribution < 1.29 is 23.8 Å². The molecule has 1 amide bonds. The summed E-state index contributed by atoms with van der Waals surface area (Å²) in [6.45, 7) is 2.34. The number of aryl methyl sites for hydroxylation is 1. The van der Waals surface area contributed by atoms with Crippen LogP contribution >= 0.6 is 0 Å². The molecule has 0 radical (unpaired) electrons. The molecule has 4 rings (SSSR count). The fraction of sp³-hybridized carbons (Fsp3) is 0.645. The molecular weight excluding hydrogens is 497 g/mol. The Morgan fingerprint density at radius 3 is 2.69 bits per heavy atom. The molecule has 3 aliphatic rings. The number of ketones is 1. The summed E-state index contributed by atoms with van der Waals surface area (Å²) in [7, 11) is 0. The number of nitrogens with zero attached hydrogens (tertiary/aromatic N) is 1. The smallest absolute Gasteiger partial charge is 0.272 e. The number of likely N-dealkylation sites (tertiary alicyclic amines) is 1. The zero-order chi connectivity index (χ0) is 27.8. The molecule has 1 aliphatic heterocycles. The first-order valence-corrected chi connectivity index (χ1v) is 14.7. The van der Waals surface area contributed by atoms with Crippen LogP contribution in [-0.4, -0.2) is 65.4 Å². The molecule has 214 valence electrons. The summed E-state index contributed by atoms with van der Waals surface area (Å²) in [5.41, 5.74) is 2.48. The van der Waals surface area contributed by atoms with E-state index in [1.54, 1.807) is 0 Å². The monoisotopic (exact) mass is 541 g/mol. The van der Waals surface area contributed by atoms with Gasteiger partial charge in [-0.1, -0.05) is 24.6 Å². The topological polar surface area (TPSA) is 103 Å². The highest BCUT2D eigenvalue weighted by Crippen LogP contribution is 2.30. The Morgan fingerprint density at radius 1 is 1.10 bits per heavy atom. The number of alkyl halides is 1. The zero-order valence-electron chi connectivity index (χ0n) is 23.2. The van der Waals surface area contributed by atoms with E-state index in [0.29, 0.717) is 30.8 Å². The van der Waals surface area contributed by atoms with Crippen molar-refractivity contribution >= 4 is 17.4 Å². The van der Waals surface area contributed by atoms with E-state index >= 15 is 0 Å². The number of piperidine rings is 1. The lowest BCUT2D eigenvalue weighted by atomic mass is 9.91. The zero-order valence-corrected chi connectivity index (χ0v) is 23.2. The van der Waals surface area contributed by atoms with Crippen LogP contribution in [0, 0.1) is 18.3 Å². The molecular formula is C31H44FN3O4. The van der Waals surface area contributed by atoms with E-state index in [1.165, 1.54) is 4.90 Å². The number of hydrogen-bond acceptors (Lipinski definition) is 6. The van der Waals surface area contributed by atoms with Crippen LogP contribution < -0.4 is 10.1 Å². The largest absolute Gasteiger partial charge is 0.490 e. The maximum absolute atomic E-state index is 13.9. The van der Waals surface area contributed by atoms with E-state index < -0.39 is 18.2 Å². The highest BCUT2D eigenvalue weighted by atomic mass is 19.1. The first-order chi connectivity index (χ1) is 18.8. The van der Waals surface area contributed by atoms with Crippen molar-refractivity contribution in [2.75, 3.05) is 19.6 Å². The molecule has 3 N–H and O–H groups in total. The number of aliphatic hydroxyl groups is 1. The summed E-state index contributed by atoms with van der Waals surface area (Å²) in [4.78, 5) is 27.0. The van der Waals surface area contributed by atoms with Crippen molar-refractivity contribution in [2.24, 2.45) is 5.92 Å². The lowest BCUT2D eigenvalue weighted by molar-refractivity contribution is -0.128. The van der Waals surface area contributed by atoms with E-state index in [4.69, 9.17) is 10.1 Å². The van der Waals surface area contributed by atoms with E-state index in [-0.39, 0.29) is 43.7 Å². The normalized spacial score (nSPS) is 26.1. The molecule has 8 heteroatoms. The molecule has 2 unspecified atom stereocenters. The number of benzene rings is 1. The number of rotatable bonds is 10. The number of para-hydroxylation sites is 1. The number of halogens is 1. The van der Waals surface area contributed by atoms with Gasteiger partial charge in [0.1, 0.15) is 17.6 Å². The number of carbonyl (C=O) groups excluding carboxylic acids is 2. The van der Waals surface area contributed by atoms with Crippen molar-refractivity contribution in [3.05, 3.63) is 41.1 Å². The Balaban J connectivity index is 1.23. The summed E-state index contributed by atoms with van der Waals surface area (Å²) in [6, 6.07) is 8.14. The van der Waals surface area contributed by atoms with Gasteiger partial charge in [-0.25, -0.2) is 4.39 Å². The molecule has 2 aliphatic carbocycles. The third-order valence-corrected chi connectivity index (χ3v) is 8.53. The van der Waals surface area contributed by atoms with Gasteiger partial charge in [-0.05, 0) is 88.7 Å². The molecule has 4 atom stereocenters. The van der Waals surface area contributed by atoms with Crippen LogP contribution in [0.4, 0.5) is 4.39 Å². The molecule has 0 spiro atoms. The van der Waals surface area contributed by atoms with Crippen LogP contribution in [0.5, 0.6) is 5.75 Å². The summed E-state index contributed by atoms with van der Waals surface area (Å²) in [5.74, 6) is 1.14. The summed E-state index contributed by atoms with van der Waals surface area (Å²) in [6.07, 6.45) is 7.77. The molecule has 1 aromatic rings. The van der Waals surface area contributed by atoms with Crippen molar-refractivity contribution in [1.29, 1.82) is 5.41 Å². The fourth-order valence-electron chi connectivity index (χ4n) is 6.02. The van der Waals surface area contributed by atoms with Gasteiger partial charge in [0.25, 0.3) is 5.91 Å². The van der Waals surface area contributed by atoms with Gasteiger partial charge in [0.15, 0.2) is 5.78 Å². The molecule has 1 aromatic carbocycles. The third-order valence-electron chi connectivity index (χ3n) is 8.53. The second-order valence-electron chi connectivity index (χ2n) is 11.5. The Labute approximate surface area is 231 Å². The molecule has 1 heterocycles. The molecule has 2 fully saturated rings. The standard InChI is InChI=1S/C31H44FN3O4/c1-21-7-2-5-12-29(21)39-24-9-6-8-22(14-16-24)13-15-23(36)19-34-27-11-4-3-10-25(27)30(33)31(38)35-18-17-28(37)26(32)20-35/h2,5,7,12,22,24,26,28,33-34,37H,3-4,6,8-11,13-20H2,1H3/t22?,24?,26-,28+/m0/s1. The van der Waals surface area contributed by atoms with Crippen molar-refractivity contribution in [2.45, 2.75) is 102 Å². The van der Waals surface area contributed by atoms with Gasteiger partial charge in [-0.3, -0.25) is 15.0 Å². The average Bonchev–Trinajstić information content (AvgIpc) is 3.18. The number of aliphatic hydroxyl groups excluding tert-OH is 1. The Bertz CT molecular complexity index is 1060. The van der Waals surface area contributed by atoms with Gasteiger partial charge in [0.05, 0.1) is 25.3 Å². The number of nitrogens with one attached hydrogen (secondary N) is 2. The molecule has 7 nitrogen and oxygen atoms in total. The van der Waals surface area contributed by atoms with E-state index in [9.17, 15) is 19.1 Å². The summed E-state index contributed by atoms with van der Waals surface area (Å²) < 4.78 is 20.2. The van der Waals surface area contributed by atoms with Crippen LogP contribution in [0.2, 0.25) is 0 Å². The summed E-state index contributed by atoms with van der Waals surface area (Å²) in [5, 5.41) is 21.4. The highest BCUT2D eigenvalue weighted by Gasteiger charge is 2.33. The number of amides is 1. The third kappa shape index (κ3) is 8.13. The van der Waals surface area contributed by atoms with Crippen molar-refractivity contribution in [1.82, 2.24) is 10.2 Å². The molecule has 1 saturated heterocycles. The molecule has 0 aromatic heterocycles. The van der Waals surface area contributed by atoms with E-state index in [0.717, 1.165) is 68.4 Å². The van der Waals surface area contributed by atoms with Gasteiger partial charge >= 0.3 is 0 Å². The lowest BCUT2D eigenvalue weighted by Gasteiger charge is -2.33. The van der Waals surface area contributed by atoms with E-state index in [1.807, 2.05) is 18.2 Å². The van der Waals surface area contributed by atoms with Crippen LogP contribution in [0.25, 0.3) is 0 Å². The predicted molar refractivity (Wildman–Crippen MR) is 150 cm³/mol. The number of Topliss-reactive ketones (excluding diaryl/α,β-unsaturated/α-hetero) is 1. The predicted octanol–water partition coefficient (Wildman–Crippen LogP) is 5.04. The second-order valence-corrected chi connectivity index (χ2v) is 11.5. The van der Waals surface area contributed by atoms with Crippen molar-refractivity contribution in [3.8, 4) is 5.75 Å². The highest BCUT2D eigenvalue weighted by molar-refractivity contribution is 6.44. The first-order valence-electron chi connectivity index (χ1n) is 14.7. The molecule has 39 heavy (non-hydrogen) atoms. The Hall–Kier alpha value is -2.74. The number of hydrogen-bond donors (Lipinski definition) is 3. The Morgan fingerprint density at radius 2 is 1.90 bits per heavy atom. The first kappa shape index (κ1) is 29.2. The van der Waals surface area contributed by atoms with Gasteiger partial charge in [-0.2, -0.15) is 0 Å². The maximum Gasteiger partial charge on any atom is 0.272 e. The minimum absolute atomic E-state index is 0.117. The van der Waals surface area contributed by atoms with Gasteiger partial charge in [0.2, 0.25) is 0 Å². The number of allylic oxidation sites excluding steroid dienone is 1. The second kappa shape index (κ2) is 14.1. The van der Waals surface area contributed by atoms with Gasteiger partial charge in [-0.15, -0.1) is 0 Å². The van der Waals surface area contributed by atoms with E-state index in [2.05, 4.69) is 18.3 Å². The SMILES string of the molecule is Cc1ccccc1OC1CCCC(CCC(=O)CNC2=C(C(=N)C(=O)N3CC[C@@H](O)[C@@H](F)C3)CCCC2)CC1. The average molecular weight is 542 g/mol. The maximum atomic E-state index is 13.9. The van der Waals surface area contributed by atoms with Gasteiger partial charge < -0.3 is 20.1 Å². The molecule has 1 saturated carbocycles. The Kier molecular flexibility index (Phi) is 10.5. The van der Waals surface area contributed by atoms with Crippen LogP contribution in [0.1, 0.15) is 82.6 Å². The van der Waals surface area contributed by atoms with Crippen molar-refractivity contribution in [3.63, 3.8) is 0 Å². The minimum atomic E-state index is -1.48. The van der Waals surface area contributed by atoms with Crippen LogP contribution in [0.15, 0.2) is 35.5 Å². The lowest BCUT2D eigenvalue weighted by Crippen LogP contribution is -2.49. The van der Waals surface area contributed by atoms with Crippen LogP contribution in [-0.2, 0) is 9.59 Å². The fourth-order valence-corrected chi connectivity index (χ4v) is 6.02. The number of carbonyl (C=O) groups is 2. The summed E-state index contributed by atoms with van der Waals surface area (Å²) >= 11 is 0. The minimum Gasteiger partial charge on any atom is -0.490 e. The van der Waals surface area contributed by atoms with Gasteiger partial charge in [0, 0.05) is 24.2 Å². The number of ether oxygens (including phenoxy) is 1. The quantitative estimate of drug-likeness (QED) is 0.285. The molecule has 0 bridgehead atoms.